The number of para-hydroxylation sites is 2. The van der Waals surface area contributed by atoms with Gasteiger partial charge in [0.15, 0.2) is 5.78 Å². The molecule has 1 N–H and O–H groups in total. The molecule has 0 unspecified atom stereocenters. The minimum Gasteiger partial charge on any atom is -0.506 e. The molecule has 3 heteroatoms. The SMILES string of the molecule is O=C(c1ccc(-c2ccccc2)cc1)c1ccc(-c2ccc(C=Nc3ccccc3O)cc2)cc1. The molecule has 5 aromatic carbocycles. The van der Waals surface area contributed by atoms with E-state index >= 15 is 0 Å². The predicted molar refractivity (Wildman–Crippen MR) is 143 cm³/mol. The van der Waals surface area contributed by atoms with Gasteiger partial charge in [-0.2, -0.15) is 0 Å². The van der Waals surface area contributed by atoms with Crippen molar-refractivity contribution in [1.29, 1.82) is 0 Å². The highest BCUT2D eigenvalue weighted by molar-refractivity contribution is 6.09. The second kappa shape index (κ2) is 10.0. The first-order valence-corrected chi connectivity index (χ1v) is 11.4. The van der Waals surface area contributed by atoms with E-state index in [1.807, 2.05) is 97.1 Å². The Kier molecular flexibility index (Phi) is 6.31. The molecule has 5 rings (SSSR count). The Balaban J connectivity index is 1.28. The quantitative estimate of drug-likeness (QED) is 0.211. The van der Waals surface area contributed by atoms with Gasteiger partial charge in [-0.1, -0.05) is 115 Å². The number of benzene rings is 5. The van der Waals surface area contributed by atoms with Crippen molar-refractivity contribution in [2.45, 2.75) is 0 Å². The number of nitrogens with zero attached hydrogens (tertiary/aromatic N) is 1. The molecule has 0 atom stereocenters. The van der Waals surface area contributed by atoms with Crippen molar-refractivity contribution in [3.63, 3.8) is 0 Å². The summed E-state index contributed by atoms with van der Waals surface area (Å²) in [6, 6.07) is 40.5. The number of rotatable bonds is 6. The van der Waals surface area contributed by atoms with E-state index < -0.39 is 0 Å². The normalized spacial score (nSPS) is 11.0. The van der Waals surface area contributed by atoms with Crippen LogP contribution in [0.4, 0.5) is 5.69 Å². The second-order valence-electron chi connectivity index (χ2n) is 8.22. The molecule has 0 aliphatic heterocycles. The van der Waals surface area contributed by atoms with Gasteiger partial charge in [0.2, 0.25) is 0 Å². The first kappa shape index (κ1) is 22.1. The maximum Gasteiger partial charge on any atom is 0.193 e. The number of hydrogen-bond acceptors (Lipinski definition) is 3. The standard InChI is InChI=1S/C32H23NO2/c34-31-9-5-4-8-30(31)33-22-23-10-12-25(13-11-23)27-16-20-29(21-17-27)32(35)28-18-14-26(15-19-28)24-6-2-1-3-7-24/h1-22,34H. The van der Waals surface area contributed by atoms with E-state index in [4.69, 9.17) is 0 Å². The second-order valence-corrected chi connectivity index (χ2v) is 8.22. The van der Waals surface area contributed by atoms with Gasteiger partial charge in [0.25, 0.3) is 0 Å². The Bertz CT molecular complexity index is 1470. The Morgan fingerprint density at radius 3 is 1.54 bits per heavy atom. The van der Waals surface area contributed by atoms with E-state index in [-0.39, 0.29) is 11.5 Å². The summed E-state index contributed by atoms with van der Waals surface area (Å²) in [5.41, 5.74) is 7.10. The van der Waals surface area contributed by atoms with E-state index in [2.05, 4.69) is 17.1 Å². The van der Waals surface area contributed by atoms with Gasteiger partial charge in [-0.3, -0.25) is 9.79 Å². The maximum absolute atomic E-state index is 13.0. The number of aromatic hydroxyl groups is 1. The molecular weight excluding hydrogens is 430 g/mol. The molecule has 5 aromatic rings. The zero-order valence-electron chi connectivity index (χ0n) is 19.0. The largest absolute Gasteiger partial charge is 0.506 e. The molecule has 168 valence electrons. The van der Waals surface area contributed by atoms with Crippen molar-refractivity contribution in [3.05, 3.63) is 144 Å². The van der Waals surface area contributed by atoms with Crippen LogP contribution in [0, 0.1) is 0 Å². The number of carbonyl (C=O) groups is 1. The maximum atomic E-state index is 13.0. The predicted octanol–water partition coefficient (Wildman–Crippen LogP) is 7.71. The minimum atomic E-state index is 0.00638. The van der Waals surface area contributed by atoms with Gasteiger partial charge in [0.1, 0.15) is 11.4 Å². The van der Waals surface area contributed by atoms with Crippen LogP contribution in [0.5, 0.6) is 5.75 Å². The summed E-state index contributed by atoms with van der Waals surface area (Å²) >= 11 is 0. The molecule has 0 saturated carbocycles. The molecule has 0 spiro atoms. The van der Waals surface area contributed by atoms with Crippen LogP contribution in [-0.4, -0.2) is 17.1 Å². The molecule has 0 bridgehead atoms. The van der Waals surface area contributed by atoms with E-state index in [0.717, 1.165) is 27.8 Å². The molecule has 0 amide bonds. The third-order valence-corrected chi connectivity index (χ3v) is 5.88. The fraction of sp³-hybridized carbons (Fsp3) is 0. The molecule has 0 heterocycles. The van der Waals surface area contributed by atoms with Crippen LogP contribution in [0.15, 0.2) is 132 Å². The average molecular weight is 454 g/mol. The van der Waals surface area contributed by atoms with Gasteiger partial charge in [-0.15, -0.1) is 0 Å². The molecule has 0 fully saturated rings. The third-order valence-electron chi connectivity index (χ3n) is 5.88. The lowest BCUT2D eigenvalue weighted by Crippen LogP contribution is -2.00. The number of aliphatic imine (C=N–C) groups is 1. The third kappa shape index (κ3) is 5.10. The van der Waals surface area contributed by atoms with Crippen molar-refractivity contribution in [3.8, 4) is 28.0 Å². The summed E-state index contributed by atoms with van der Waals surface area (Å²) in [6.45, 7) is 0. The Labute approximate surface area is 204 Å². The molecule has 0 aromatic heterocycles. The van der Waals surface area contributed by atoms with Gasteiger partial charge in [-0.25, -0.2) is 0 Å². The van der Waals surface area contributed by atoms with Crippen molar-refractivity contribution in [2.24, 2.45) is 4.99 Å². The molecule has 3 nitrogen and oxygen atoms in total. The highest BCUT2D eigenvalue weighted by Crippen LogP contribution is 2.26. The summed E-state index contributed by atoms with van der Waals surface area (Å²) < 4.78 is 0. The van der Waals surface area contributed by atoms with Crippen LogP contribution in [0.1, 0.15) is 21.5 Å². The van der Waals surface area contributed by atoms with Crippen LogP contribution in [0.3, 0.4) is 0 Å². The highest BCUT2D eigenvalue weighted by Gasteiger charge is 2.10. The zero-order chi connectivity index (χ0) is 24.0. The smallest absolute Gasteiger partial charge is 0.193 e. The Hall–Kier alpha value is -4.76. The van der Waals surface area contributed by atoms with Crippen LogP contribution in [0.25, 0.3) is 22.3 Å². The van der Waals surface area contributed by atoms with Gasteiger partial charge in [0.05, 0.1) is 0 Å². The van der Waals surface area contributed by atoms with E-state index in [1.165, 1.54) is 0 Å². The van der Waals surface area contributed by atoms with E-state index in [0.29, 0.717) is 16.8 Å². The summed E-state index contributed by atoms with van der Waals surface area (Å²) in [5, 5.41) is 9.84. The van der Waals surface area contributed by atoms with Gasteiger partial charge in [0, 0.05) is 17.3 Å². The lowest BCUT2D eigenvalue weighted by Gasteiger charge is -2.06. The summed E-state index contributed by atoms with van der Waals surface area (Å²) in [6.07, 6.45) is 1.73. The topological polar surface area (TPSA) is 49.7 Å². The lowest BCUT2D eigenvalue weighted by molar-refractivity contribution is 0.103. The Morgan fingerprint density at radius 1 is 0.543 bits per heavy atom. The van der Waals surface area contributed by atoms with Crippen molar-refractivity contribution in [1.82, 2.24) is 0 Å². The lowest BCUT2D eigenvalue weighted by atomic mass is 9.97. The van der Waals surface area contributed by atoms with Crippen molar-refractivity contribution >= 4 is 17.7 Å². The fourth-order valence-electron chi connectivity index (χ4n) is 3.90. The molecule has 0 aliphatic carbocycles. The molecule has 35 heavy (non-hydrogen) atoms. The first-order valence-electron chi connectivity index (χ1n) is 11.4. The van der Waals surface area contributed by atoms with Crippen LogP contribution >= 0.6 is 0 Å². The zero-order valence-corrected chi connectivity index (χ0v) is 19.0. The molecule has 0 radical (unpaired) electrons. The average Bonchev–Trinajstić information content (AvgIpc) is 2.93. The molecule has 0 saturated heterocycles. The number of ketones is 1. The fourth-order valence-corrected chi connectivity index (χ4v) is 3.90. The summed E-state index contributed by atoms with van der Waals surface area (Å²) in [7, 11) is 0. The Morgan fingerprint density at radius 2 is 1.00 bits per heavy atom. The first-order chi connectivity index (χ1) is 17.2. The van der Waals surface area contributed by atoms with Crippen LogP contribution in [-0.2, 0) is 0 Å². The van der Waals surface area contributed by atoms with E-state index in [9.17, 15) is 9.90 Å². The minimum absolute atomic E-state index is 0.00638. The van der Waals surface area contributed by atoms with Gasteiger partial charge in [-0.05, 0) is 39.9 Å². The summed E-state index contributed by atoms with van der Waals surface area (Å²) in [4.78, 5) is 17.3. The van der Waals surface area contributed by atoms with E-state index in [1.54, 1.807) is 24.4 Å². The van der Waals surface area contributed by atoms with Gasteiger partial charge < -0.3 is 5.11 Å². The van der Waals surface area contributed by atoms with Crippen molar-refractivity contribution < 1.29 is 9.90 Å². The van der Waals surface area contributed by atoms with Crippen LogP contribution < -0.4 is 0 Å². The monoisotopic (exact) mass is 453 g/mol. The van der Waals surface area contributed by atoms with Gasteiger partial charge >= 0.3 is 0 Å². The van der Waals surface area contributed by atoms with Crippen molar-refractivity contribution in [2.75, 3.05) is 0 Å². The molecular formula is C32H23NO2. The number of phenols is 1. The van der Waals surface area contributed by atoms with Crippen LogP contribution in [0.2, 0.25) is 0 Å². The highest BCUT2D eigenvalue weighted by atomic mass is 16.3. The summed E-state index contributed by atoms with van der Waals surface area (Å²) in [5.74, 6) is 0.161. The number of carbonyl (C=O) groups excluding carboxylic acids is 1. The molecule has 0 aliphatic rings. The number of phenolic OH excluding ortho intramolecular Hbond substituents is 1. The number of hydrogen-bond donors (Lipinski definition) is 1.